The fourth-order valence-electron chi connectivity index (χ4n) is 1.34. The minimum Gasteiger partial charge on any atom is -0.206 e. The molecule has 0 atom stereocenters. The van der Waals surface area contributed by atoms with Gasteiger partial charge in [0.05, 0.1) is 4.34 Å². The topological polar surface area (TPSA) is 37.4 Å². The van der Waals surface area contributed by atoms with Crippen molar-refractivity contribution in [2.75, 3.05) is 18.4 Å². The van der Waals surface area contributed by atoms with Crippen molar-refractivity contribution in [3.05, 3.63) is 16.5 Å². The third kappa shape index (κ3) is 4.21. The lowest BCUT2D eigenvalue weighted by Crippen LogP contribution is -2.33. The Balaban J connectivity index is 2.91. The van der Waals surface area contributed by atoms with Gasteiger partial charge in [-0.3, -0.25) is 0 Å². The second-order valence-electron chi connectivity index (χ2n) is 3.51. The lowest BCUT2D eigenvalue weighted by atomic mass is 10.3. The van der Waals surface area contributed by atoms with Crippen molar-refractivity contribution in [3.8, 4) is 0 Å². The quantitative estimate of drug-likeness (QED) is 0.697. The van der Waals surface area contributed by atoms with E-state index in [9.17, 15) is 8.42 Å². The number of thiophene rings is 1. The van der Waals surface area contributed by atoms with E-state index in [0.717, 1.165) is 24.2 Å². The van der Waals surface area contributed by atoms with E-state index < -0.39 is 10.0 Å². The molecule has 7 heteroatoms. The maximum absolute atomic E-state index is 12.3. The van der Waals surface area contributed by atoms with Gasteiger partial charge in [-0.2, -0.15) is 4.31 Å². The molecule has 0 unspecified atom stereocenters. The molecule has 1 aromatic heterocycles. The Kier molecular flexibility index (Phi) is 6.44. The van der Waals surface area contributed by atoms with Gasteiger partial charge in [-0.15, -0.1) is 11.3 Å². The Morgan fingerprint density at radius 3 is 2.59 bits per heavy atom. The molecule has 0 radical (unpaired) electrons. The Morgan fingerprint density at radius 2 is 2.12 bits per heavy atom. The van der Waals surface area contributed by atoms with E-state index in [1.54, 1.807) is 12.1 Å². The SMILES string of the molecule is CCCCN(CCBr)S(=O)(=O)c1ccc(Cl)s1. The van der Waals surface area contributed by atoms with E-state index in [4.69, 9.17) is 11.6 Å². The van der Waals surface area contributed by atoms with Crippen molar-refractivity contribution in [2.24, 2.45) is 0 Å². The van der Waals surface area contributed by atoms with Crippen LogP contribution in [0.2, 0.25) is 4.34 Å². The van der Waals surface area contributed by atoms with Gasteiger partial charge in [0.15, 0.2) is 0 Å². The summed E-state index contributed by atoms with van der Waals surface area (Å²) in [6, 6.07) is 3.18. The second-order valence-corrected chi connectivity index (χ2v) is 8.18. The molecule has 0 spiro atoms. The number of hydrogen-bond donors (Lipinski definition) is 0. The van der Waals surface area contributed by atoms with E-state index in [-0.39, 0.29) is 0 Å². The molecule has 0 aliphatic heterocycles. The van der Waals surface area contributed by atoms with Crippen molar-refractivity contribution >= 4 is 48.9 Å². The first-order valence-electron chi connectivity index (χ1n) is 5.33. The number of alkyl halides is 1. The summed E-state index contributed by atoms with van der Waals surface area (Å²) in [5.74, 6) is 0. The summed E-state index contributed by atoms with van der Waals surface area (Å²) in [5.41, 5.74) is 0. The van der Waals surface area contributed by atoms with Crippen molar-refractivity contribution in [2.45, 2.75) is 24.0 Å². The lowest BCUT2D eigenvalue weighted by molar-refractivity contribution is 0.423. The van der Waals surface area contributed by atoms with E-state index >= 15 is 0 Å². The zero-order valence-electron chi connectivity index (χ0n) is 9.53. The van der Waals surface area contributed by atoms with Crippen LogP contribution in [0.4, 0.5) is 0 Å². The van der Waals surface area contributed by atoms with Crippen molar-refractivity contribution in [1.82, 2.24) is 4.31 Å². The van der Waals surface area contributed by atoms with Crippen LogP contribution in [0.25, 0.3) is 0 Å². The third-order valence-electron chi connectivity index (χ3n) is 2.24. The number of sulfonamides is 1. The average molecular weight is 361 g/mol. The Morgan fingerprint density at radius 1 is 1.41 bits per heavy atom. The van der Waals surface area contributed by atoms with Gasteiger partial charge in [-0.05, 0) is 18.6 Å². The molecule has 17 heavy (non-hydrogen) atoms. The molecular formula is C10H15BrClNO2S2. The van der Waals surface area contributed by atoms with Gasteiger partial charge in [0.25, 0.3) is 10.0 Å². The highest BCUT2D eigenvalue weighted by molar-refractivity contribution is 9.09. The van der Waals surface area contributed by atoms with Crippen molar-refractivity contribution in [3.63, 3.8) is 0 Å². The normalized spacial score (nSPS) is 12.2. The van der Waals surface area contributed by atoms with E-state index in [0.29, 0.717) is 27.0 Å². The minimum absolute atomic E-state index is 0.319. The standard InChI is InChI=1S/C10H15BrClNO2S2/c1-2-3-7-13(8-6-11)17(14,15)10-5-4-9(12)16-10/h4-5H,2-3,6-8H2,1H3. The first kappa shape index (κ1) is 15.4. The van der Waals surface area contributed by atoms with E-state index in [2.05, 4.69) is 15.9 Å². The average Bonchev–Trinajstić information content (AvgIpc) is 2.71. The predicted molar refractivity (Wildman–Crippen MR) is 76.8 cm³/mol. The van der Waals surface area contributed by atoms with Crippen LogP contribution in [0.5, 0.6) is 0 Å². The van der Waals surface area contributed by atoms with E-state index in [1.807, 2.05) is 6.92 Å². The molecule has 3 nitrogen and oxygen atoms in total. The van der Waals surface area contributed by atoms with Gasteiger partial charge in [0, 0.05) is 18.4 Å². The molecule has 1 rings (SSSR count). The fraction of sp³-hybridized carbons (Fsp3) is 0.600. The van der Waals surface area contributed by atoms with Gasteiger partial charge in [-0.25, -0.2) is 8.42 Å². The predicted octanol–water partition coefficient (Wildman–Crippen LogP) is 3.59. The summed E-state index contributed by atoms with van der Waals surface area (Å²) >= 11 is 10.2. The highest BCUT2D eigenvalue weighted by Crippen LogP contribution is 2.28. The molecular weight excluding hydrogens is 346 g/mol. The number of nitrogens with zero attached hydrogens (tertiary/aromatic N) is 1. The molecule has 0 saturated carbocycles. The first-order valence-corrected chi connectivity index (χ1v) is 9.09. The second kappa shape index (κ2) is 7.09. The van der Waals surface area contributed by atoms with Crippen LogP contribution < -0.4 is 0 Å². The molecule has 1 heterocycles. The van der Waals surface area contributed by atoms with Crippen LogP contribution >= 0.6 is 38.9 Å². The molecule has 1 aromatic rings. The monoisotopic (exact) mass is 359 g/mol. The fourth-order valence-corrected chi connectivity index (χ4v) is 5.12. The summed E-state index contributed by atoms with van der Waals surface area (Å²) in [7, 11) is -3.38. The van der Waals surface area contributed by atoms with Crippen LogP contribution in [0.1, 0.15) is 19.8 Å². The van der Waals surface area contributed by atoms with Crippen LogP contribution in [-0.2, 0) is 10.0 Å². The maximum Gasteiger partial charge on any atom is 0.252 e. The Bertz CT molecular complexity index is 447. The number of hydrogen-bond acceptors (Lipinski definition) is 3. The number of halogens is 2. The molecule has 0 aliphatic carbocycles. The maximum atomic E-state index is 12.3. The number of rotatable bonds is 7. The largest absolute Gasteiger partial charge is 0.252 e. The molecule has 0 N–H and O–H groups in total. The van der Waals surface area contributed by atoms with Gasteiger partial charge in [0.2, 0.25) is 0 Å². The highest BCUT2D eigenvalue weighted by atomic mass is 79.9. The van der Waals surface area contributed by atoms with Crippen molar-refractivity contribution in [1.29, 1.82) is 0 Å². The molecule has 0 bridgehead atoms. The van der Waals surface area contributed by atoms with Gasteiger partial charge >= 0.3 is 0 Å². The summed E-state index contributed by atoms with van der Waals surface area (Å²) in [5, 5.41) is 0.634. The van der Waals surface area contributed by atoms with Crippen molar-refractivity contribution < 1.29 is 8.42 Å². The summed E-state index contributed by atoms with van der Waals surface area (Å²) in [6.07, 6.45) is 1.84. The van der Waals surface area contributed by atoms with Gasteiger partial charge in [-0.1, -0.05) is 40.9 Å². The minimum atomic E-state index is -3.38. The van der Waals surface area contributed by atoms with Crippen LogP contribution in [0.3, 0.4) is 0 Å². The van der Waals surface area contributed by atoms with Gasteiger partial charge < -0.3 is 0 Å². The Labute approximate surface area is 120 Å². The van der Waals surface area contributed by atoms with Crippen LogP contribution in [0.15, 0.2) is 16.3 Å². The van der Waals surface area contributed by atoms with Crippen LogP contribution in [-0.4, -0.2) is 31.1 Å². The molecule has 0 saturated heterocycles. The van der Waals surface area contributed by atoms with Crippen LogP contribution in [0, 0.1) is 0 Å². The summed E-state index contributed by atoms with van der Waals surface area (Å²) in [6.45, 7) is 3.08. The third-order valence-corrected chi connectivity index (χ3v) is 6.19. The zero-order valence-corrected chi connectivity index (χ0v) is 13.5. The lowest BCUT2D eigenvalue weighted by Gasteiger charge is -2.19. The molecule has 0 fully saturated rings. The molecule has 0 aliphatic rings. The smallest absolute Gasteiger partial charge is 0.206 e. The van der Waals surface area contributed by atoms with E-state index in [1.165, 1.54) is 4.31 Å². The Hall–Kier alpha value is 0.380. The van der Waals surface area contributed by atoms with Gasteiger partial charge in [0.1, 0.15) is 4.21 Å². The molecule has 0 aromatic carbocycles. The molecule has 0 amide bonds. The highest BCUT2D eigenvalue weighted by Gasteiger charge is 2.24. The first-order chi connectivity index (χ1) is 8.02. The number of unbranched alkanes of at least 4 members (excludes halogenated alkanes) is 1. The summed E-state index contributed by atoms with van der Waals surface area (Å²) in [4.78, 5) is 0. The molecule has 98 valence electrons. The summed E-state index contributed by atoms with van der Waals surface area (Å²) < 4.78 is 26.9. The zero-order chi connectivity index (χ0) is 12.9.